The molecule has 6 heteroatoms. The molecule has 0 aromatic carbocycles. The van der Waals surface area contributed by atoms with Crippen molar-refractivity contribution in [1.29, 1.82) is 0 Å². The molecule has 0 saturated heterocycles. The highest BCUT2D eigenvalue weighted by Gasteiger charge is 2.18. The largest absolute Gasteiger partial charge is 0.352 e. The fourth-order valence-electron chi connectivity index (χ4n) is 1.95. The molecule has 0 aliphatic heterocycles. The molecule has 2 rings (SSSR count). The Morgan fingerprint density at radius 2 is 2.16 bits per heavy atom. The number of aryl methyl sites for hydroxylation is 2. The molecule has 102 valence electrons. The molecule has 0 fully saturated rings. The van der Waals surface area contributed by atoms with E-state index in [0.717, 1.165) is 15.9 Å². The molecule has 5 nitrogen and oxygen atoms in total. The van der Waals surface area contributed by atoms with Crippen molar-refractivity contribution in [3.63, 3.8) is 0 Å². The third-order valence-electron chi connectivity index (χ3n) is 3.29. The minimum atomic E-state index is -0.0112. The molecule has 2 heterocycles. The Bertz CT molecular complexity index is 614. The molecule has 0 N–H and O–H groups in total. The van der Waals surface area contributed by atoms with Gasteiger partial charge in [-0.15, -0.1) is 0 Å². The van der Waals surface area contributed by atoms with Crippen LogP contribution in [0, 0.1) is 6.92 Å². The van der Waals surface area contributed by atoms with Crippen molar-refractivity contribution < 1.29 is 4.79 Å². The van der Waals surface area contributed by atoms with Gasteiger partial charge in [-0.3, -0.25) is 9.48 Å². The number of amides is 1. The Morgan fingerprint density at radius 3 is 2.63 bits per heavy atom. The molecule has 0 spiro atoms. The Hall–Kier alpha value is -1.56. The maximum atomic E-state index is 12.4. The van der Waals surface area contributed by atoms with Gasteiger partial charge >= 0.3 is 0 Å². The normalized spacial score (nSPS) is 10.8. The van der Waals surface area contributed by atoms with Crippen LogP contribution in [0.2, 0.25) is 0 Å². The minimum absolute atomic E-state index is 0.0112. The summed E-state index contributed by atoms with van der Waals surface area (Å²) in [5.41, 5.74) is 2.60. The fourth-order valence-corrected chi connectivity index (χ4v) is 2.52. The van der Waals surface area contributed by atoms with Gasteiger partial charge in [0.2, 0.25) is 0 Å². The summed E-state index contributed by atoms with van der Waals surface area (Å²) < 4.78 is 4.73. The second-order valence-electron chi connectivity index (χ2n) is 4.69. The van der Waals surface area contributed by atoms with Gasteiger partial charge in [-0.2, -0.15) is 5.10 Å². The predicted octanol–water partition coefficient (Wildman–Crippen LogP) is 2.10. The minimum Gasteiger partial charge on any atom is -0.352 e. The van der Waals surface area contributed by atoms with Crippen molar-refractivity contribution in [1.82, 2.24) is 19.2 Å². The molecule has 0 unspecified atom stereocenters. The standard InChI is InChI=1S/C13H17BrN4O/c1-9-12(6-15-18(9)4)13(19)17(3)8-11-5-10(14)7-16(11)2/h5-7H,8H2,1-4H3. The number of nitrogens with zero attached hydrogens (tertiary/aromatic N) is 4. The summed E-state index contributed by atoms with van der Waals surface area (Å²) in [6.07, 6.45) is 3.60. The number of aromatic nitrogens is 3. The average molecular weight is 325 g/mol. The third kappa shape index (κ3) is 2.73. The summed E-state index contributed by atoms with van der Waals surface area (Å²) in [6.45, 7) is 2.46. The van der Waals surface area contributed by atoms with Crippen molar-refractivity contribution in [2.45, 2.75) is 13.5 Å². The molecule has 0 atom stereocenters. The van der Waals surface area contributed by atoms with Crippen LogP contribution >= 0.6 is 15.9 Å². The van der Waals surface area contributed by atoms with Gasteiger partial charge in [-0.1, -0.05) is 0 Å². The molecule has 2 aromatic heterocycles. The first kappa shape index (κ1) is 13.9. The van der Waals surface area contributed by atoms with E-state index in [1.54, 1.807) is 22.8 Å². The zero-order chi connectivity index (χ0) is 14.2. The molecule has 2 aromatic rings. The molecular formula is C13H17BrN4O. The molecule has 1 amide bonds. The van der Waals surface area contributed by atoms with Crippen LogP contribution in [-0.2, 0) is 20.6 Å². The maximum absolute atomic E-state index is 12.4. The lowest BCUT2D eigenvalue weighted by Crippen LogP contribution is -2.27. The molecule has 0 aliphatic carbocycles. The number of carbonyl (C=O) groups excluding carboxylic acids is 1. The second-order valence-corrected chi connectivity index (χ2v) is 5.60. The lowest BCUT2D eigenvalue weighted by atomic mass is 10.2. The van der Waals surface area contributed by atoms with Crippen LogP contribution in [-0.4, -0.2) is 32.2 Å². The Kier molecular flexibility index (Phi) is 3.80. The SMILES string of the molecule is Cc1c(C(=O)N(C)Cc2cc(Br)cn2C)cnn1C. The molecule has 0 saturated carbocycles. The summed E-state index contributed by atoms with van der Waals surface area (Å²) in [7, 11) is 5.60. The lowest BCUT2D eigenvalue weighted by Gasteiger charge is -2.17. The van der Waals surface area contributed by atoms with Crippen molar-refractivity contribution in [3.05, 3.63) is 39.9 Å². The van der Waals surface area contributed by atoms with Crippen LogP contribution in [0.5, 0.6) is 0 Å². The Morgan fingerprint density at radius 1 is 1.47 bits per heavy atom. The second kappa shape index (κ2) is 5.21. The van der Waals surface area contributed by atoms with Gasteiger partial charge in [-0.25, -0.2) is 0 Å². The number of rotatable bonds is 3. The summed E-state index contributed by atoms with van der Waals surface area (Å²) in [6, 6.07) is 2.01. The van der Waals surface area contributed by atoms with Crippen molar-refractivity contribution in [2.24, 2.45) is 14.1 Å². The van der Waals surface area contributed by atoms with Crippen LogP contribution < -0.4 is 0 Å². The molecule has 19 heavy (non-hydrogen) atoms. The van der Waals surface area contributed by atoms with Crippen LogP contribution in [0.15, 0.2) is 22.9 Å². The Balaban J connectivity index is 2.16. The zero-order valence-electron chi connectivity index (χ0n) is 11.5. The average Bonchev–Trinajstić information content (AvgIpc) is 2.83. The van der Waals surface area contributed by atoms with Crippen LogP contribution in [0.3, 0.4) is 0 Å². The van der Waals surface area contributed by atoms with E-state index < -0.39 is 0 Å². The van der Waals surface area contributed by atoms with Crippen molar-refractivity contribution in [3.8, 4) is 0 Å². The monoisotopic (exact) mass is 324 g/mol. The van der Waals surface area contributed by atoms with E-state index >= 15 is 0 Å². The summed E-state index contributed by atoms with van der Waals surface area (Å²) >= 11 is 3.43. The maximum Gasteiger partial charge on any atom is 0.257 e. The molecule has 0 bridgehead atoms. The predicted molar refractivity (Wildman–Crippen MR) is 76.9 cm³/mol. The highest BCUT2D eigenvalue weighted by Crippen LogP contribution is 2.16. The van der Waals surface area contributed by atoms with Gasteiger partial charge < -0.3 is 9.47 Å². The van der Waals surface area contributed by atoms with E-state index in [1.807, 2.05) is 37.8 Å². The Labute approximate surface area is 120 Å². The van der Waals surface area contributed by atoms with E-state index in [2.05, 4.69) is 21.0 Å². The first-order valence-corrected chi connectivity index (χ1v) is 6.74. The highest BCUT2D eigenvalue weighted by molar-refractivity contribution is 9.10. The van der Waals surface area contributed by atoms with E-state index in [4.69, 9.17) is 0 Å². The summed E-state index contributed by atoms with van der Waals surface area (Å²) in [5, 5.41) is 4.10. The number of hydrogen-bond acceptors (Lipinski definition) is 2. The van der Waals surface area contributed by atoms with Gasteiger partial charge in [0.25, 0.3) is 5.91 Å². The van der Waals surface area contributed by atoms with Gasteiger partial charge in [0, 0.05) is 43.2 Å². The van der Waals surface area contributed by atoms with E-state index in [-0.39, 0.29) is 5.91 Å². The van der Waals surface area contributed by atoms with Crippen LogP contribution in [0.1, 0.15) is 21.7 Å². The van der Waals surface area contributed by atoms with Gasteiger partial charge in [0.15, 0.2) is 0 Å². The van der Waals surface area contributed by atoms with Crippen molar-refractivity contribution >= 4 is 21.8 Å². The highest BCUT2D eigenvalue weighted by atomic mass is 79.9. The lowest BCUT2D eigenvalue weighted by molar-refractivity contribution is 0.0781. The quantitative estimate of drug-likeness (QED) is 0.867. The topological polar surface area (TPSA) is 43.1 Å². The third-order valence-corrected chi connectivity index (χ3v) is 3.72. The molecule has 0 radical (unpaired) electrons. The smallest absolute Gasteiger partial charge is 0.257 e. The van der Waals surface area contributed by atoms with Crippen molar-refractivity contribution in [2.75, 3.05) is 7.05 Å². The number of carbonyl (C=O) groups is 1. The number of halogens is 1. The summed E-state index contributed by atoms with van der Waals surface area (Å²) in [4.78, 5) is 14.1. The van der Waals surface area contributed by atoms with Gasteiger partial charge in [0.05, 0.1) is 18.3 Å². The van der Waals surface area contributed by atoms with Crippen LogP contribution in [0.25, 0.3) is 0 Å². The first-order valence-electron chi connectivity index (χ1n) is 5.95. The zero-order valence-corrected chi connectivity index (χ0v) is 13.1. The van der Waals surface area contributed by atoms with E-state index in [9.17, 15) is 4.79 Å². The summed E-state index contributed by atoms with van der Waals surface area (Å²) in [5.74, 6) is -0.0112. The molecule has 0 aliphatic rings. The fraction of sp³-hybridized carbons (Fsp3) is 0.385. The number of hydrogen-bond donors (Lipinski definition) is 0. The van der Waals surface area contributed by atoms with Crippen LogP contribution in [0.4, 0.5) is 0 Å². The first-order chi connectivity index (χ1) is 8.90. The van der Waals surface area contributed by atoms with E-state index in [0.29, 0.717) is 12.1 Å². The van der Waals surface area contributed by atoms with Gasteiger partial charge in [0.1, 0.15) is 0 Å². The van der Waals surface area contributed by atoms with E-state index in [1.165, 1.54) is 0 Å². The molecular weight excluding hydrogens is 308 g/mol. The van der Waals surface area contributed by atoms with Gasteiger partial charge in [-0.05, 0) is 28.9 Å².